The number of hydrogen-bond acceptors (Lipinski definition) is 6. The molecule has 4 rings (SSSR count). The standard InChI is InChI=1S/C31H38N4O6/c1-30(2,3)41-29(39)34-31(4,5)28(38)33-25(16-22-17-32-24-10-8-7-9-23(22)24)26(36)35-14-13-19-15-20(27(37)40-6)11-12-21(19)18-35/h7-12,15,17,25,32H,13-14,16,18H2,1-6H3,(H,33,38)(H,34,39). The lowest BCUT2D eigenvalue weighted by Crippen LogP contribution is -2.60. The number of carbonyl (C=O) groups excluding carboxylic acids is 4. The first-order chi connectivity index (χ1) is 19.3. The Hall–Kier alpha value is -4.34. The molecule has 0 aliphatic carbocycles. The van der Waals surface area contributed by atoms with Crippen molar-refractivity contribution in [3.8, 4) is 0 Å². The van der Waals surface area contributed by atoms with Crippen LogP contribution in [-0.4, -0.2) is 64.6 Å². The summed E-state index contributed by atoms with van der Waals surface area (Å²) in [5, 5.41) is 6.48. The molecule has 1 aliphatic rings. The Morgan fingerprint density at radius 2 is 1.76 bits per heavy atom. The predicted octanol–water partition coefficient (Wildman–Crippen LogP) is 3.87. The van der Waals surface area contributed by atoms with Crippen LogP contribution in [0.25, 0.3) is 10.9 Å². The lowest BCUT2D eigenvalue weighted by molar-refractivity contribution is -0.138. The number of aromatic nitrogens is 1. The Labute approximate surface area is 239 Å². The number of para-hydroxylation sites is 1. The highest BCUT2D eigenvalue weighted by Crippen LogP contribution is 2.24. The van der Waals surface area contributed by atoms with Crippen molar-refractivity contribution in [1.29, 1.82) is 0 Å². The normalized spacial score (nSPS) is 14.1. The number of nitrogens with one attached hydrogen (secondary N) is 3. The summed E-state index contributed by atoms with van der Waals surface area (Å²) in [5.74, 6) is -1.16. The van der Waals surface area contributed by atoms with Gasteiger partial charge in [0.1, 0.15) is 17.2 Å². The monoisotopic (exact) mass is 562 g/mol. The van der Waals surface area contributed by atoms with Crippen LogP contribution in [0.2, 0.25) is 0 Å². The highest BCUT2D eigenvalue weighted by molar-refractivity contribution is 5.94. The summed E-state index contributed by atoms with van der Waals surface area (Å²) < 4.78 is 10.2. The van der Waals surface area contributed by atoms with Gasteiger partial charge in [0, 0.05) is 36.6 Å². The Morgan fingerprint density at radius 3 is 2.46 bits per heavy atom. The maximum atomic E-state index is 14.0. The van der Waals surface area contributed by atoms with E-state index >= 15 is 0 Å². The van der Waals surface area contributed by atoms with E-state index in [0.29, 0.717) is 25.1 Å². The zero-order chi connectivity index (χ0) is 29.9. The third kappa shape index (κ3) is 7.06. The average Bonchev–Trinajstić information content (AvgIpc) is 3.32. The van der Waals surface area contributed by atoms with E-state index in [4.69, 9.17) is 9.47 Å². The fourth-order valence-electron chi connectivity index (χ4n) is 4.88. The summed E-state index contributed by atoms with van der Waals surface area (Å²) in [6.45, 7) is 9.12. The minimum Gasteiger partial charge on any atom is -0.465 e. The summed E-state index contributed by atoms with van der Waals surface area (Å²) in [6, 6.07) is 12.2. The van der Waals surface area contributed by atoms with Gasteiger partial charge in [-0.1, -0.05) is 24.3 Å². The molecule has 0 spiro atoms. The minimum atomic E-state index is -1.35. The van der Waals surface area contributed by atoms with Crippen molar-refractivity contribution in [2.24, 2.45) is 0 Å². The van der Waals surface area contributed by atoms with E-state index in [0.717, 1.165) is 27.6 Å². The molecule has 0 bridgehead atoms. The van der Waals surface area contributed by atoms with Crippen molar-refractivity contribution in [1.82, 2.24) is 20.5 Å². The van der Waals surface area contributed by atoms with E-state index in [1.54, 1.807) is 51.7 Å². The average molecular weight is 563 g/mol. The molecule has 3 aromatic rings. The number of rotatable bonds is 7. The molecule has 2 aromatic carbocycles. The molecule has 218 valence electrons. The van der Waals surface area contributed by atoms with Gasteiger partial charge in [-0.05, 0) is 75.9 Å². The molecule has 10 heteroatoms. The quantitative estimate of drug-likeness (QED) is 0.375. The molecule has 1 atom stereocenters. The second kappa shape index (κ2) is 11.6. The third-order valence-electron chi connectivity index (χ3n) is 7.03. The van der Waals surface area contributed by atoms with Crippen LogP contribution < -0.4 is 10.6 Å². The van der Waals surface area contributed by atoms with Gasteiger partial charge in [0.15, 0.2) is 0 Å². The van der Waals surface area contributed by atoms with Crippen LogP contribution in [0.15, 0.2) is 48.7 Å². The summed E-state index contributed by atoms with van der Waals surface area (Å²) >= 11 is 0. The van der Waals surface area contributed by atoms with E-state index in [1.165, 1.54) is 7.11 Å². The molecule has 0 saturated heterocycles. The maximum absolute atomic E-state index is 14.0. The van der Waals surface area contributed by atoms with Gasteiger partial charge < -0.3 is 30.0 Å². The zero-order valence-corrected chi connectivity index (χ0v) is 24.4. The van der Waals surface area contributed by atoms with Gasteiger partial charge in [-0.25, -0.2) is 9.59 Å². The zero-order valence-electron chi connectivity index (χ0n) is 24.4. The second-order valence-corrected chi connectivity index (χ2v) is 11.8. The van der Waals surface area contributed by atoms with E-state index in [9.17, 15) is 19.2 Å². The number of carbonyl (C=O) groups is 4. The number of amides is 3. The van der Waals surface area contributed by atoms with E-state index in [-0.39, 0.29) is 12.3 Å². The lowest BCUT2D eigenvalue weighted by Gasteiger charge is -2.34. The number of hydrogen-bond donors (Lipinski definition) is 3. The van der Waals surface area contributed by atoms with Crippen molar-refractivity contribution in [3.63, 3.8) is 0 Å². The van der Waals surface area contributed by atoms with Gasteiger partial charge in [0.2, 0.25) is 11.8 Å². The van der Waals surface area contributed by atoms with Gasteiger partial charge in [0.05, 0.1) is 12.7 Å². The Morgan fingerprint density at radius 1 is 1.02 bits per heavy atom. The number of esters is 1. The molecule has 1 aromatic heterocycles. The predicted molar refractivity (Wildman–Crippen MR) is 154 cm³/mol. The molecule has 0 saturated carbocycles. The SMILES string of the molecule is COC(=O)c1ccc2c(c1)CCN(C(=O)C(Cc1c[nH]c3ccccc13)NC(=O)C(C)(C)NC(=O)OC(C)(C)C)C2. The van der Waals surface area contributed by atoms with Crippen LogP contribution in [0.1, 0.15) is 61.7 Å². The number of nitrogens with zero attached hydrogens (tertiary/aromatic N) is 1. The first-order valence-corrected chi connectivity index (χ1v) is 13.6. The van der Waals surface area contributed by atoms with Crippen molar-refractivity contribution in [2.75, 3.05) is 13.7 Å². The molecule has 0 fully saturated rings. The molecule has 1 aliphatic heterocycles. The molecule has 3 N–H and O–H groups in total. The highest BCUT2D eigenvalue weighted by Gasteiger charge is 2.36. The second-order valence-electron chi connectivity index (χ2n) is 11.8. The lowest BCUT2D eigenvalue weighted by atomic mass is 9.95. The molecular weight excluding hydrogens is 524 g/mol. The van der Waals surface area contributed by atoms with Gasteiger partial charge in [-0.2, -0.15) is 0 Å². The number of H-pyrrole nitrogens is 1. The number of ether oxygens (including phenoxy) is 2. The van der Waals surface area contributed by atoms with Gasteiger partial charge >= 0.3 is 12.1 Å². The van der Waals surface area contributed by atoms with Crippen LogP contribution in [0.5, 0.6) is 0 Å². The van der Waals surface area contributed by atoms with E-state index in [2.05, 4.69) is 15.6 Å². The van der Waals surface area contributed by atoms with Crippen molar-refractivity contribution >= 4 is 34.8 Å². The van der Waals surface area contributed by atoms with Crippen LogP contribution in [0, 0.1) is 0 Å². The summed E-state index contributed by atoms with van der Waals surface area (Å²) in [5.41, 5.74) is 2.12. The van der Waals surface area contributed by atoms with Gasteiger partial charge in [-0.15, -0.1) is 0 Å². The van der Waals surface area contributed by atoms with E-state index < -0.39 is 35.2 Å². The Kier molecular flexibility index (Phi) is 8.42. The van der Waals surface area contributed by atoms with Gasteiger partial charge in [-0.3, -0.25) is 9.59 Å². The molecule has 1 unspecified atom stereocenters. The van der Waals surface area contributed by atoms with Crippen molar-refractivity contribution < 1.29 is 28.7 Å². The van der Waals surface area contributed by atoms with Crippen LogP contribution in [0.4, 0.5) is 4.79 Å². The summed E-state index contributed by atoms with van der Waals surface area (Å²) in [4.78, 5) is 56.8. The molecule has 3 amide bonds. The summed E-state index contributed by atoms with van der Waals surface area (Å²) in [6.07, 6.45) is 1.94. The largest absolute Gasteiger partial charge is 0.465 e. The van der Waals surface area contributed by atoms with Crippen LogP contribution in [0.3, 0.4) is 0 Å². The highest BCUT2D eigenvalue weighted by atomic mass is 16.6. The molecule has 2 heterocycles. The van der Waals surface area contributed by atoms with Crippen molar-refractivity contribution in [3.05, 3.63) is 70.9 Å². The molecule has 0 radical (unpaired) electrons. The minimum absolute atomic E-state index is 0.237. The van der Waals surface area contributed by atoms with Crippen LogP contribution >= 0.6 is 0 Å². The number of methoxy groups -OCH3 is 1. The fourth-order valence-corrected chi connectivity index (χ4v) is 4.88. The van der Waals surface area contributed by atoms with Gasteiger partial charge in [0.25, 0.3) is 0 Å². The number of benzene rings is 2. The Balaban J connectivity index is 1.56. The number of aromatic amines is 1. The third-order valence-corrected chi connectivity index (χ3v) is 7.03. The molecule has 10 nitrogen and oxygen atoms in total. The van der Waals surface area contributed by atoms with E-state index in [1.807, 2.05) is 36.5 Å². The van der Waals surface area contributed by atoms with Crippen LogP contribution in [-0.2, 0) is 38.4 Å². The van der Waals surface area contributed by atoms with Crippen molar-refractivity contribution in [2.45, 2.75) is 71.2 Å². The first-order valence-electron chi connectivity index (χ1n) is 13.6. The Bertz CT molecular complexity index is 1470. The smallest absolute Gasteiger partial charge is 0.408 e. The fraction of sp³-hybridized carbons (Fsp3) is 0.419. The number of fused-ring (bicyclic) bond motifs is 2. The molecule has 41 heavy (non-hydrogen) atoms. The first kappa shape index (κ1) is 29.6. The summed E-state index contributed by atoms with van der Waals surface area (Å²) in [7, 11) is 1.34. The maximum Gasteiger partial charge on any atom is 0.408 e. The molecular formula is C31H38N4O6. The topological polar surface area (TPSA) is 130 Å². The number of alkyl carbamates (subject to hydrolysis) is 1.